The Morgan fingerprint density at radius 2 is 1.84 bits per heavy atom. The summed E-state index contributed by atoms with van der Waals surface area (Å²) in [6.07, 6.45) is 0.493. The van der Waals surface area contributed by atoms with Crippen molar-refractivity contribution < 1.29 is 14.3 Å². The van der Waals surface area contributed by atoms with Gasteiger partial charge in [0.2, 0.25) is 11.8 Å². The summed E-state index contributed by atoms with van der Waals surface area (Å²) in [6.45, 7) is 4.35. The second-order valence-corrected chi connectivity index (χ2v) is 5.99. The summed E-state index contributed by atoms with van der Waals surface area (Å²) < 4.78 is 5.17. The van der Waals surface area contributed by atoms with E-state index in [-0.39, 0.29) is 18.2 Å². The minimum atomic E-state index is -0.312. The molecule has 2 rings (SSSR count). The number of carbonyl (C=O) groups is 2. The van der Waals surface area contributed by atoms with Gasteiger partial charge in [0.05, 0.1) is 7.11 Å². The third-order valence-corrected chi connectivity index (χ3v) is 3.86. The molecular formula is C20H24N2O3. The van der Waals surface area contributed by atoms with Gasteiger partial charge in [0.25, 0.3) is 0 Å². The van der Waals surface area contributed by atoms with Crippen LogP contribution < -0.4 is 15.4 Å². The number of aryl methyl sites for hydroxylation is 2. The monoisotopic (exact) mass is 340 g/mol. The molecule has 0 unspecified atom stereocenters. The number of hydrogen-bond acceptors (Lipinski definition) is 3. The quantitative estimate of drug-likeness (QED) is 0.762. The Bertz CT molecular complexity index is 756. The average Bonchev–Trinajstić information content (AvgIpc) is 2.58. The minimum absolute atomic E-state index is 0.189. The third-order valence-electron chi connectivity index (χ3n) is 3.86. The molecule has 0 aliphatic rings. The predicted molar refractivity (Wildman–Crippen MR) is 98.9 cm³/mol. The van der Waals surface area contributed by atoms with Gasteiger partial charge in [-0.1, -0.05) is 24.3 Å². The van der Waals surface area contributed by atoms with E-state index in [1.165, 1.54) is 0 Å². The van der Waals surface area contributed by atoms with Crippen LogP contribution in [0, 0.1) is 13.8 Å². The van der Waals surface area contributed by atoms with Gasteiger partial charge in [0.1, 0.15) is 12.2 Å². The molecule has 2 aromatic rings. The maximum absolute atomic E-state index is 12.0. The summed E-state index contributed by atoms with van der Waals surface area (Å²) in [5, 5.41) is 5.56. The van der Waals surface area contributed by atoms with Crippen LogP contribution in [0.2, 0.25) is 0 Å². The highest BCUT2D eigenvalue weighted by Gasteiger charge is 2.10. The fourth-order valence-electron chi connectivity index (χ4n) is 2.45. The van der Waals surface area contributed by atoms with Crippen molar-refractivity contribution in [3.8, 4) is 5.75 Å². The van der Waals surface area contributed by atoms with Gasteiger partial charge in [-0.15, -0.1) is 0 Å². The van der Waals surface area contributed by atoms with Crippen molar-refractivity contribution in [1.82, 2.24) is 5.32 Å². The summed E-state index contributed by atoms with van der Waals surface area (Å²) in [7, 11) is 1.62. The summed E-state index contributed by atoms with van der Waals surface area (Å²) in [5.74, 6) is 0.190. The van der Waals surface area contributed by atoms with E-state index in [0.29, 0.717) is 13.0 Å². The van der Waals surface area contributed by atoms with Crippen molar-refractivity contribution in [2.24, 2.45) is 0 Å². The molecule has 0 saturated heterocycles. The number of amides is 2. The zero-order valence-electron chi connectivity index (χ0n) is 14.9. The highest BCUT2D eigenvalue weighted by atomic mass is 16.5. The molecule has 0 saturated carbocycles. The fraction of sp³-hybridized carbons (Fsp3) is 0.300. The van der Waals surface area contributed by atoms with E-state index in [0.717, 1.165) is 28.1 Å². The van der Waals surface area contributed by atoms with Crippen molar-refractivity contribution >= 4 is 17.5 Å². The third kappa shape index (κ3) is 5.95. The SMILES string of the molecule is COc1cccc(CCNC(=O)CC(=O)Nc2cc(C)ccc2C)c1. The average molecular weight is 340 g/mol. The number of anilines is 1. The van der Waals surface area contributed by atoms with Crippen LogP contribution in [0.3, 0.4) is 0 Å². The second kappa shape index (κ2) is 8.87. The topological polar surface area (TPSA) is 67.4 Å². The molecule has 5 nitrogen and oxygen atoms in total. The van der Waals surface area contributed by atoms with E-state index in [2.05, 4.69) is 10.6 Å². The molecule has 2 amide bonds. The lowest BCUT2D eigenvalue weighted by Gasteiger charge is -2.10. The summed E-state index contributed by atoms with van der Waals surface area (Å²) in [6, 6.07) is 13.5. The molecule has 0 aliphatic heterocycles. The lowest BCUT2D eigenvalue weighted by Crippen LogP contribution is -2.29. The molecule has 2 aromatic carbocycles. The number of ether oxygens (including phenoxy) is 1. The number of methoxy groups -OCH3 is 1. The Balaban J connectivity index is 1.77. The number of rotatable bonds is 7. The van der Waals surface area contributed by atoms with E-state index in [1.54, 1.807) is 7.11 Å². The lowest BCUT2D eigenvalue weighted by atomic mass is 10.1. The largest absolute Gasteiger partial charge is 0.497 e. The van der Waals surface area contributed by atoms with E-state index in [1.807, 2.05) is 56.3 Å². The van der Waals surface area contributed by atoms with Crippen LogP contribution >= 0.6 is 0 Å². The Morgan fingerprint density at radius 3 is 2.60 bits per heavy atom. The summed E-state index contributed by atoms with van der Waals surface area (Å²) in [4.78, 5) is 23.9. The van der Waals surface area contributed by atoms with Gasteiger partial charge in [-0.3, -0.25) is 9.59 Å². The van der Waals surface area contributed by atoms with E-state index >= 15 is 0 Å². The van der Waals surface area contributed by atoms with Crippen LogP contribution in [-0.4, -0.2) is 25.5 Å². The van der Waals surface area contributed by atoms with Crippen LogP contribution in [-0.2, 0) is 16.0 Å². The minimum Gasteiger partial charge on any atom is -0.497 e. The van der Waals surface area contributed by atoms with Crippen LogP contribution in [0.15, 0.2) is 42.5 Å². The molecule has 0 aromatic heterocycles. The van der Waals surface area contributed by atoms with Gasteiger partial charge in [-0.05, 0) is 55.2 Å². The molecule has 0 heterocycles. The zero-order valence-corrected chi connectivity index (χ0v) is 14.9. The first-order valence-corrected chi connectivity index (χ1v) is 8.24. The van der Waals surface area contributed by atoms with Crippen LogP contribution in [0.25, 0.3) is 0 Å². The molecule has 0 atom stereocenters. The normalized spacial score (nSPS) is 10.2. The van der Waals surface area contributed by atoms with E-state index in [9.17, 15) is 9.59 Å². The Morgan fingerprint density at radius 1 is 1.04 bits per heavy atom. The van der Waals surface area contributed by atoms with Crippen molar-refractivity contribution in [3.05, 3.63) is 59.2 Å². The summed E-state index contributed by atoms with van der Waals surface area (Å²) >= 11 is 0. The maximum Gasteiger partial charge on any atom is 0.233 e. The number of carbonyl (C=O) groups excluding carboxylic acids is 2. The van der Waals surface area contributed by atoms with Gasteiger partial charge >= 0.3 is 0 Å². The Labute approximate surface area is 148 Å². The first-order chi connectivity index (χ1) is 12.0. The molecule has 0 bridgehead atoms. The fourth-order valence-corrected chi connectivity index (χ4v) is 2.45. The number of nitrogens with one attached hydrogen (secondary N) is 2. The first-order valence-electron chi connectivity index (χ1n) is 8.24. The molecule has 5 heteroatoms. The van der Waals surface area contributed by atoms with Crippen molar-refractivity contribution in [2.45, 2.75) is 26.7 Å². The van der Waals surface area contributed by atoms with Gasteiger partial charge in [-0.25, -0.2) is 0 Å². The summed E-state index contributed by atoms with van der Waals surface area (Å²) in [5.41, 5.74) is 3.84. The molecular weight excluding hydrogens is 316 g/mol. The van der Waals surface area contributed by atoms with E-state index in [4.69, 9.17) is 4.74 Å². The second-order valence-electron chi connectivity index (χ2n) is 5.99. The van der Waals surface area contributed by atoms with Crippen LogP contribution in [0.5, 0.6) is 5.75 Å². The molecule has 25 heavy (non-hydrogen) atoms. The predicted octanol–water partition coefficient (Wildman–Crippen LogP) is 3.00. The highest BCUT2D eigenvalue weighted by Crippen LogP contribution is 2.16. The van der Waals surface area contributed by atoms with Crippen molar-refractivity contribution in [3.63, 3.8) is 0 Å². The van der Waals surface area contributed by atoms with Gasteiger partial charge in [0, 0.05) is 12.2 Å². The smallest absolute Gasteiger partial charge is 0.233 e. The first kappa shape index (κ1) is 18.5. The lowest BCUT2D eigenvalue weighted by molar-refractivity contribution is -0.126. The van der Waals surface area contributed by atoms with Crippen molar-refractivity contribution in [2.75, 3.05) is 19.0 Å². The van der Waals surface area contributed by atoms with Gasteiger partial charge < -0.3 is 15.4 Å². The van der Waals surface area contributed by atoms with Crippen molar-refractivity contribution in [1.29, 1.82) is 0 Å². The van der Waals surface area contributed by atoms with Crippen LogP contribution in [0.1, 0.15) is 23.1 Å². The molecule has 0 spiro atoms. The standard InChI is InChI=1S/C20H24N2O3/c1-14-7-8-15(2)18(11-14)22-20(24)13-19(23)21-10-9-16-5-4-6-17(12-16)25-3/h4-8,11-12H,9-10,13H2,1-3H3,(H,21,23)(H,22,24). The molecule has 0 radical (unpaired) electrons. The molecule has 2 N–H and O–H groups in total. The number of benzene rings is 2. The Hall–Kier alpha value is -2.82. The van der Waals surface area contributed by atoms with Crippen LogP contribution in [0.4, 0.5) is 5.69 Å². The Kier molecular flexibility index (Phi) is 6.57. The van der Waals surface area contributed by atoms with Gasteiger partial charge in [0.15, 0.2) is 0 Å². The maximum atomic E-state index is 12.0. The molecule has 0 aliphatic carbocycles. The highest BCUT2D eigenvalue weighted by molar-refractivity contribution is 6.03. The number of hydrogen-bond donors (Lipinski definition) is 2. The van der Waals surface area contributed by atoms with E-state index < -0.39 is 0 Å². The molecule has 0 fully saturated rings. The molecule has 132 valence electrons. The zero-order chi connectivity index (χ0) is 18.2. The van der Waals surface area contributed by atoms with Gasteiger partial charge in [-0.2, -0.15) is 0 Å².